The van der Waals surface area contributed by atoms with E-state index in [0.29, 0.717) is 43.4 Å². The molecule has 0 aliphatic heterocycles. The van der Waals surface area contributed by atoms with Crippen LogP contribution >= 0.6 is 0 Å². The third-order valence-corrected chi connectivity index (χ3v) is 9.40. The van der Waals surface area contributed by atoms with Crippen LogP contribution in [-0.2, 0) is 19.1 Å². The highest BCUT2D eigenvalue weighted by Gasteiger charge is 2.68. The van der Waals surface area contributed by atoms with Crippen LogP contribution < -0.4 is 0 Å². The Kier molecular flexibility index (Phi) is 5.14. The molecule has 1 unspecified atom stereocenters. The van der Waals surface area contributed by atoms with Crippen molar-refractivity contribution in [2.24, 2.45) is 28.6 Å². The molecule has 4 aliphatic rings. The summed E-state index contributed by atoms with van der Waals surface area (Å²) in [4.78, 5) is 37.8. The SMILES string of the molecule is C=C1C[C@@H]2[C@@H](CC[C@@]3(C)[C@H]2CCC3(OC(=O)CC)C(=O)CC)[C@@]2(C)CCC(=O)C=C12. The van der Waals surface area contributed by atoms with E-state index < -0.39 is 5.60 Å². The van der Waals surface area contributed by atoms with Crippen molar-refractivity contribution < 1.29 is 19.1 Å². The Morgan fingerprint density at radius 1 is 1.10 bits per heavy atom. The zero-order valence-electron chi connectivity index (χ0n) is 19.0. The number of fused-ring (bicyclic) bond motifs is 5. The quantitative estimate of drug-likeness (QED) is 0.584. The van der Waals surface area contributed by atoms with Gasteiger partial charge in [0.15, 0.2) is 17.2 Å². The van der Waals surface area contributed by atoms with Gasteiger partial charge < -0.3 is 4.74 Å². The molecule has 0 aromatic carbocycles. The Balaban J connectivity index is 1.74. The molecular weight excluding hydrogens is 376 g/mol. The second-order valence-corrected chi connectivity index (χ2v) is 10.6. The molecule has 0 bridgehead atoms. The number of ketones is 2. The highest BCUT2D eigenvalue weighted by atomic mass is 16.6. The maximum atomic E-state index is 13.3. The van der Waals surface area contributed by atoms with E-state index in [1.54, 1.807) is 6.92 Å². The molecule has 4 rings (SSSR count). The summed E-state index contributed by atoms with van der Waals surface area (Å²) in [5.74, 6) is 1.30. The highest BCUT2D eigenvalue weighted by Crippen LogP contribution is 2.69. The first kappa shape index (κ1) is 21.5. The van der Waals surface area contributed by atoms with Crippen LogP contribution in [-0.4, -0.2) is 23.1 Å². The minimum atomic E-state index is -0.981. The van der Waals surface area contributed by atoms with Crippen molar-refractivity contribution in [2.45, 2.75) is 91.1 Å². The van der Waals surface area contributed by atoms with Gasteiger partial charge in [0.1, 0.15) is 0 Å². The van der Waals surface area contributed by atoms with E-state index in [1.807, 2.05) is 13.0 Å². The van der Waals surface area contributed by atoms with Crippen molar-refractivity contribution in [3.8, 4) is 0 Å². The van der Waals surface area contributed by atoms with Gasteiger partial charge in [-0.3, -0.25) is 14.4 Å². The van der Waals surface area contributed by atoms with Gasteiger partial charge in [0.25, 0.3) is 0 Å². The van der Waals surface area contributed by atoms with E-state index in [4.69, 9.17) is 4.74 Å². The molecule has 30 heavy (non-hydrogen) atoms. The van der Waals surface area contributed by atoms with Crippen LogP contribution in [0.3, 0.4) is 0 Å². The topological polar surface area (TPSA) is 60.4 Å². The van der Waals surface area contributed by atoms with Crippen molar-refractivity contribution in [3.05, 3.63) is 23.8 Å². The van der Waals surface area contributed by atoms with E-state index in [-0.39, 0.29) is 28.4 Å². The van der Waals surface area contributed by atoms with Gasteiger partial charge in [-0.15, -0.1) is 0 Å². The van der Waals surface area contributed by atoms with Crippen molar-refractivity contribution in [1.29, 1.82) is 0 Å². The number of esters is 1. The van der Waals surface area contributed by atoms with Crippen LogP contribution in [0.5, 0.6) is 0 Å². The van der Waals surface area contributed by atoms with Gasteiger partial charge in [-0.2, -0.15) is 0 Å². The van der Waals surface area contributed by atoms with Gasteiger partial charge in [0.2, 0.25) is 0 Å². The van der Waals surface area contributed by atoms with Crippen LogP contribution in [0.15, 0.2) is 23.8 Å². The second-order valence-electron chi connectivity index (χ2n) is 10.6. The lowest BCUT2D eigenvalue weighted by Gasteiger charge is -2.59. The summed E-state index contributed by atoms with van der Waals surface area (Å²) >= 11 is 0. The fourth-order valence-corrected chi connectivity index (χ4v) is 7.80. The van der Waals surface area contributed by atoms with Gasteiger partial charge in [0.05, 0.1) is 0 Å². The number of carbonyl (C=O) groups is 3. The number of hydrogen-bond donors (Lipinski definition) is 0. The maximum Gasteiger partial charge on any atom is 0.306 e. The van der Waals surface area contributed by atoms with Crippen molar-refractivity contribution in [3.63, 3.8) is 0 Å². The van der Waals surface area contributed by atoms with Gasteiger partial charge >= 0.3 is 5.97 Å². The summed E-state index contributed by atoms with van der Waals surface area (Å²) < 4.78 is 6.06. The standard InChI is InChI=1S/C26H36O4/c1-6-22(28)26(30-23(29)7-2)13-10-20-18-14-16(3)21-15-17(27)8-11-24(21,4)19(18)9-12-25(20,26)5/h15,18-20H,3,6-14H2,1-2,4-5H3/t18-,19-,20+,24-,25+,26?/m1/s1. The third-order valence-electron chi connectivity index (χ3n) is 9.40. The molecule has 6 atom stereocenters. The smallest absolute Gasteiger partial charge is 0.306 e. The first-order valence-corrected chi connectivity index (χ1v) is 11.8. The van der Waals surface area contributed by atoms with Gasteiger partial charge in [-0.1, -0.05) is 39.8 Å². The molecule has 0 radical (unpaired) electrons. The molecule has 0 amide bonds. The lowest BCUT2D eigenvalue weighted by atomic mass is 9.45. The average molecular weight is 413 g/mol. The Morgan fingerprint density at radius 2 is 1.80 bits per heavy atom. The molecule has 164 valence electrons. The highest BCUT2D eigenvalue weighted by molar-refractivity contribution is 5.93. The zero-order chi connectivity index (χ0) is 21.9. The number of ether oxygens (including phenoxy) is 1. The third kappa shape index (κ3) is 2.74. The normalized spacial score (nSPS) is 42.7. The molecule has 3 fully saturated rings. The average Bonchev–Trinajstić information content (AvgIpc) is 3.02. The summed E-state index contributed by atoms with van der Waals surface area (Å²) in [5, 5.41) is 0. The van der Waals surface area contributed by atoms with Crippen molar-refractivity contribution in [1.82, 2.24) is 0 Å². The number of rotatable bonds is 4. The molecule has 3 saturated carbocycles. The van der Waals surface area contributed by atoms with Crippen LogP contribution in [0.4, 0.5) is 0 Å². The zero-order valence-corrected chi connectivity index (χ0v) is 19.0. The van der Waals surface area contributed by atoms with E-state index in [9.17, 15) is 14.4 Å². The Labute approximate surface area is 180 Å². The first-order chi connectivity index (χ1) is 14.1. The van der Waals surface area contributed by atoms with Crippen LogP contribution in [0.25, 0.3) is 0 Å². The molecule has 0 heterocycles. The molecule has 4 nitrogen and oxygen atoms in total. The Hall–Kier alpha value is -1.71. The monoisotopic (exact) mass is 412 g/mol. The Morgan fingerprint density at radius 3 is 2.47 bits per heavy atom. The van der Waals surface area contributed by atoms with E-state index >= 15 is 0 Å². The van der Waals surface area contributed by atoms with E-state index in [0.717, 1.165) is 37.7 Å². The molecule has 0 spiro atoms. The lowest BCUT2D eigenvalue weighted by Crippen LogP contribution is -2.59. The largest absolute Gasteiger partial charge is 0.450 e. The van der Waals surface area contributed by atoms with Gasteiger partial charge in [0, 0.05) is 24.7 Å². The van der Waals surface area contributed by atoms with E-state index in [1.165, 1.54) is 5.57 Å². The van der Waals surface area contributed by atoms with Crippen molar-refractivity contribution >= 4 is 17.5 Å². The summed E-state index contributed by atoms with van der Waals surface area (Å²) in [6, 6.07) is 0. The molecule has 0 N–H and O–H groups in total. The van der Waals surface area contributed by atoms with Gasteiger partial charge in [-0.25, -0.2) is 0 Å². The first-order valence-electron chi connectivity index (χ1n) is 11.8. The minimum absolute atomic E-state index is 0.00461. The lowest BCUT2D eigenvalue weighted by molar-refractivity contribution is -0.189. The summed E-state index contributed by atoms with van der Waals surface area (Å²) in [6.45, 7) is 12.6. The predicted octanol–water partition coefficient (Wildman–Crippen LogP) is 5.36. The fraction of sp³-hybridized carbons (Fsp3) is 0.731. The van der Waals surface area contributed by atoms with Crippen LogP contribution in [0.1, 0.15) is 85.5 Å². The summed E-state index contributed by atoms with van der Waals surface area (Å²) in [5.41, 5.74) is 0.964. The maximum absolute atomic E-state index is 13.3. The molecule has 0 saturated heterocycles. The van der Waals surface area contributed by atoms with Crippen LogP contribution in [0, 0.1) is 28.6 Å². The van der Waals surface area contributed by atoms with E-state index in [2.05, 4.69) is 20.4 Å². The number of allylic oxidation sites excluding steroid dienone is 2. The van der Waals surface area contributed by atoms with Gasteiger partial charge in [-0.05, 0) is 73.3 Å². The minimum Gasteiger partial charge on any atom is -0.450 e. The van der Waals surface area contributed by atoms with Crippen LogP contribution in [0.2, 0.25) is 0 Å². The molecule has 4 heteroatoms. The van der Waals surface area contributed by atoms with Crippen molar-refractivity contribution in [2.75, 3.05) is 0 Å². The molecule has 4 aliphatic carbocycles. The Bertz CT molecular complexity index is 838. The second kappa shape index (κ2) is 7.17. The summed E-state index contributed by atoms with van der Waals surface area (Å²) in [6.07, 6.45) is 8.41. The number of carbonyl (C=O) groups excluding carboxylic acids is 3. The molecular formula is C26H36O4. The fourth-order valence-electron chi connectivity index (χ4n) is 7.80. The molecule has 0 aromatic heterocycles. The number of Topliss-reactive ketones (excluding diaryl/α,β-unsaturated/α-hetero) is 1. The number of hydrogen-bond acceptors (Lipinski definition) is 4. The predicted molar refractivity (Wildman–Crippen MR) is 116 cm³/mol. The summed E-state index contributed by atoms with van der Waals surface area (Å²) in [7, 11) is 0. The molecule has 0 aromatic rings.